The van der Waals surface area contributed by atoms with Gasteiger partial charge in [-0.3, -0.25) is 4.79 Å². The summed E-state index contributed by atoms with van der Waals surface area (Å²) in [6, 6.07) is 7.43. The van der Waals surface area contributed by atoms with E-state index < -0.39 is 11.7 Å². The third kappa shape index (κ3) is 1.84. The number of hydrogen-bond acceptors (Lipinski definition) is 3. The molecule has 1 aliphatic heterocycles. The molecular formula is C12H12BrNO3. The van der Waals surface area contributed by atoms with E-state index in [-0.39, 0.29) is 5.91 Å². The number of carbonyl (C=O) groups is 2. The summed E-state index contributed by atoms with van der Waals surface area (Å²) in [6.45, 7) is 1.62. The van der Waals surface area contributed by atoms with E-state index in [1.54, 1.807) is 13.0 Å². The average Bonchev–Trinajstić information content (AvgIpc) is 2.55. The molecule has 2 rings (SSSR count). The maximum Gasteiger partial charge on any atom is 0.417 e. The van der Waals surface area contributed by atoms with Crippen LogP contribution in [0.3, 0.4) is 0 Å². The first-order valence-electron chi connectivity index (χ1n) is 5.15. The molecular weight excluding hydrogens is 286 g/mol. The van der Waals surface area contributed by atoms with Gasteiger partial charge in [0.25, 0.3) is 5.91 Å². The van der Waals surface area contributed by atoms with Crippen molar-refractivity contribution in [3.63, 3.8) is 0 Å². The lowest BCUT2D eigenvalue weighted by atomic mass is 9.94. The Hall–Kier alpha value is -1.36. The number of cyclic esters (lactones) is 1. The number of nitrogens with zero attached hydrogens (tertiary/aromatic N) is 1. The smallest absolute Gasteiger partial charge is 0.417 e. The fourth-order valence-corrected chi connectivity index (χ4v) is 2.17. The molecule has 1 fully saturated rings. The predicted octanol–water partition coefficient (Wildman–Crippen LogP) is 2.41. The van der Waals surface area contributed by atoms with E-state index >= 15 is 0 Å². The monoisotopic (exact) mass is 297 g/mol. The maximum atomic E-state index is 12.0. The molecule has 0 aliphatic carbocycles. The van der Waals surface area contributed by atoms with Gasteiger partial charge in [0.1, 0.15) is 0 Å². The first kappa shape index (κ1) is 12.1. The zero-order valence-corrected chi connectivity index (χ0v) is 11.2. The lowest BCUT2D eigenvalue weighted by molar-refractivity contribution is -0.135. The molecule has 17 heavy (non-hydrogen) atoms. The van der Waals surface area contributed by atoms with Crippen molar-refractivity contribution in [2.24, 2.45) is 0 Å². The highest BCUT2D eigenvalue weighted by Crippen LogP contribution is 2.33. The first-order chi connectivity index (χ1) is 7.99. The minimum absolute atomic E-state index is 0.339. The van der Waals surface area contributed by atoms with Gasteiger partial charge in [-0.25, -0.2) is 9.69 Å². The molecule has 90 valence electrons. The van der Waals surface area contributed by atoms with E-state index in [9.17, 15) is 9.59 Å². The predicted molar refractivity (Wildman–Crippen MR) is 65.7 cm³/mol. The second-order valence-corrected chi connectivity index (χ2v) is 4.66. The molecule has 0 radical (unpaired) electrons. The number of alkyl halides is 1. The summed E-state index contributed by atoms with van der Waals surface area (Å²) in [5.41, 5.74) is 0.517. The van der Waals surface area contributed by atoms with Crippen LogP contribution in [0.25, 0.3) is 0 Å². The molecule has 1 heterocycles. The van der Waals surface area contributed by atoms with Crippen LogP contribution in [-0.2, 0) is 20.5 Å². The zero-order chi connectivity index (χ0) is 12.6. The highest BCUT2D eigenvalue weighted by molar-refractivity contribution is 9.08. The Labute approximate surface area is 108 Å². The van der Waals surface area contributed by atoms with Gasteiger partial charge in [-0.15, -0.1) is 0 Å². The van der Waals surface area contributed by atoms with Crippen molar-refractivity contribution < 1.29 is 14.3 Å². The molecule has 1 atom stereocenters. The number of rotatable bonds is 2. The molecule has 1 aromatic rings. The van der Waals surface area contributed by atoms with E-state index in [1.807, 2.05) is 18.2 Å². The van der Waals surface area contributed by atoms with Gasteiger partial charge in [0.05, 0.1) is 0 Å². The van der Waals surface area contributed by atoms with Crippen LogP contribution in [0.4, 0.5) is 4.79 Å². The molecule has 2 amide bonds. The summed E-state index contributed by atoms with van der Waals surface area (Å²) in [7, 11) is 1.42. The van der Waals surface area contributed by atoms with Crippen LogP contribution in [0.15, 0.2) is 24.3 Å². The SMILES string of the molecule is CN1C(=O)O[C@](C)(c2cccc(CBr)c2)C1=O. The van der Waals surface area contributed by atoms with E-state index in [0.29, 0.717) is 10.9 Å². The largest absolute Gasteiger partial charge is 0.428 e. The quantitative estimate of drug-likeness (QED) is 0.788. The van der Waals surface area contributed by atoms with Crippen molar-refractivity contribution in [3.8, 4) is 0 Å². The summed E-state index contributed by atoms with van der Waals surface area (Å²) >= 11 is 3.35. The summed E-state index contributed by atoms with van der Waals surface area (Å²) in [4.78, 5) is 24.4. The van der Waals surface area contributed by atoms with Crippen LogP contribution in [0.2, 0.25) is 0 Å². The van der Waals surface area contributed by atoms with Crippen molar-refractivity contribution in [1.82, 2.24) is 4.90 Å². The number of benzene rings is 1. The van der Waals surface area contributed by atoms with E-state index in [4.69, 9.17) is 4.74 Å². The number of amides is 2. The summed E-state index contributed by atoms with van der Waals surface area (Å²) in [6.07, 6.45) is -0.609. The van der Waals surface area contributed by atoms with E-state index in [1.165, 1.54) is 7.05 Å². The fourth-order valence-electron chi connectivity index (χ4n) is 1.82. The number of imide groups is 1. The second kappa shape index (κ2) is 4.14. The molecule has 1 aliphatic rings. The van der Waals surface area contributed by atoms with Crippen LogP contribution >= 0.6 is 15.9 Å². The molecule has 1 aromatic carbocycles. The Morgan fingerprint density at radius 1 is 1.41 bits per heavy atom. The van der Waals surface area contributed by atoms with Crippen LogP contribution < -0.4 is 0 Å². The molecule has 0 aromatic heterocycles. The molecule has 4 nitrogen and oxygen atoms in total. The lowest BCUT2D eigenvalue weighted by Gasteiger charge is -2.20. The zero-order valence-electron chi connectivity index (χ0n) is 9.57. The Kier molecular flexibility index (Phi) is 2.95. The van der Waals surface area contributed by atoms with Gasteiger partial charge in [-0.2, -0.15) is 0 Å². The molecule has 0 N–H and O–H groups in total. The van der Waals surface area contributed by atoms with Crippen LogP contribution in [0.1, 0.15) is 18.1 Å². The second-order valence-electron chi connectivity index (χ2n) is 4.10. The molecule has 0 saturated carbocycles. The molecule has 0 unspecified atom stereocenters. The summed E-state index contributed by atoms with van der Waals surface area (Å²) < 4.78 is 5.18. The lowest BCUT2D eigenvalue weighted by Crippen LogP contribution is -2.34. The normalized spacial score (nSPS) is 24.1. The van der Waals surface area contributed by atoms with Gasteiger partial charge in [-0.1, -0.05) is 40.2 Å². The number of ether oxygens (including phenoxy) is 1. The van der Waals surface area contributed by atoms with Crippen molar-refractivity contribution in [1.29, 1.82) is 0 Å². The van der Waals surface area contributed by atoms with Gasteiger partial charge in [-0.05, 0) is 12.5 Å². The van der Waals surface area contributed by atoms with Gasteiger partial charge in [0.2, 0.25) is 5.60 Å². The maximum absolute atomic E-state index is 12.0. The van der Waals surface area contributed by atoms with E-state index in [0.717, 1.165) is 10.5 Å². The third-order valence-electron chi connectivity index (χ3n) is 2.91. The standard InChI is InChI=1S/C12H12BrNO3/c1-12(10(15)14(2)11(16)17-12)9-5-3-4-8(6-9)7-13/h3-6H,7H2,1-2H3/t12-/m1/s1. The molecule has 0 spiro atoms. The Morgan fingerprint density at radius 3 is 2.65 bits per heavy atom. The highest BCUT2D eigenvalue weighted by Gasteiger charge is 2.50. The number of carbonyl (C=O) groups excluding carboxylic acids is 2. The molecule has 0 bridgehead atoms. The summed E-state index contributed by atoms with van der Waals surface area (Å²) in [5.74, 6) is -0.339. The van der Waals surface area contributed by atoms with Crippen LogP contribution in [0, 0.1) is 0 Å². The number of halogens is 1. The Balaban J connectivity index is 2.45. The third-order valence-corrected chi connectivity index (χ3v) is 3.56. The highest BCUT2D eigenvalue weighted by atomic mass is 79.9. The van der Waals surface area contributed by atoms with E-state index in [2.05, 4.69) is 15.9 Å². The first-order valence-corrected chi connectivity index (χ1v) is 6.27. The van der Waals surface area contributed by atoms with Gasteiger partial charge >= 0.3 is 6.09 Å². The van der Waals surface area contributed by atoms with Crippen molar-refractivity contribution in [3.05, 3.63) is 35.4 Å². The van der Waals surface area contributed by atoms with Gasteiger partial charge in [0.15, 0.2) is 0 Å². The van der Waals surface area contributed by atoms with Gasteiger partial charge < -0.3 is 4.74 Å². The van der Waals surface area contributed by atoms with Crippen molar-refractivity contribution in [2.75, 3.05) is 7.05 Å². The number of hydrogen-bond donors (Lipinski definition) is 0. The summed E-state index contributed by atoms with van der Waals surface area (Å²) in [5, 5.41) is 0.689. The fraction of sp³-hybridized carbons (Fsp3) is 0.333. The Bertz CT molecular complexity index is 488. The minimum Gasteiger partial charge on any atom is -0.428 e. The van der Waals surface area contributed by atoms with Crippen molar-refractivity contribution >= 4 is 27.9 Å². The molecule has 1 saturated heterocycles. The van der Waals surface area contributed by atoms with Crippen LogP contribution in [-0.4, -0.2) is 23.9 Å². The average molecular weight is 298 g/mol. The van der Waals surface area contributed by atoms with Crippen LogP contribution in [0.5, 0.6) is 0 Å². The number of likely N-dealkylation sites (N-methyl/N-ethyl adjacent to an activating group) is 1. The van der Waals surface area contributed by atoms with Crippen molar-refractivity contribution in [2.45, 2.75) is 17.9 Å². The Morgan fingerprint density at radius 2 is 2.12 bits per heavy atom. The molecule has 5 heteroatoms. The van der Waals surface area contributed by atoms with Gasteiger partial charge in [0, 0.05) is 17.9 Å². The topological polar surface area (TPSA) is 46.6 Å². The minimum atomic E-state index is -1.20.